The Hall–Kier alpha value is -1.45. The van der Waals surface area contributed by atoms with Crippen LogP contribution in [0.25, 0.3) is 0 Å². The first-order valence-electron chi connectivity index (χ1n) is 7.65. The molecule has 0 aromatic rings. The van der Waals surface area contributed by atoms with Crippen molar-refractivity contribution in [2.45, 2.75) is 64.6 Å². The minimum absolute atomic E-state index is 0.160. The van der Waals surface area contributed by atoms with Gasteiger partial charge in [-0.3, -0.25) is 4.79 Å². The molecule has 20 heavy (non-hydrogen) atoms. The topological polar surface area (TPSA) is 44.8 Å². The molecule has 0 bridgehead atoms. The van der Waals surface area contributed by atoms with Gasteiger partial charge in [0.25, 0.3) is 6.29 Å². The van der Waals surface area contributed by atoms with Crippen molar-refractivity contribution in [1.29, 1.82) is 0 Å². The van der Waals surface area contributed by atoms with Crippen LogP contribution in [0, 0.1) is 0 Å². The first kappa shape index (κ1) is 14.9. The lowest BCUT2D eigenvalue weighted by atomic mass is 10.3. The predicted octanol–water partition coefficient (Wildman–Crippen LogP) is 3.82. The summed E-state index contributed by atoms with van der Waals surface area (Å²) in [6.07, 6.45) is 11.2. The molecule has 0 amide bonds. The lowest BCUT2D eigenvalue weighted by Crippen LogP contribution is -2.24. The highest BCUT2D eigenvalue weighted by Crippen LogP contribution is 2.24. The fourth-order valence-electron chi connectivity index (χ4n) is 2.36. The molecule has 0 aromatic heterocycles. The lowest BCUT2D eigenvalue weighted by Gasteiger charge is -2.21. The van der Waals surface area contributed by atoms with Crippen LogP contribution in [-0.2, 0) is 19.0 Å². The Balaban J connectivity index is 1.83. The smallest absolute Gasteiger partial charge is 0.306 e. The van der Waals surface area contributed by atoms with E-state index in [1.165, 1.54) is 0 Å². The molecule has 2 aliphatic carbocycles. The Morgan fingerprint density at radius 1 is 1.15 bits per heavy atom. The van der Waals surface area contributed by atoms with E-state index in [-0.39, 0.29) is 12.6 Å². The van der Waals surface area contributed by atoms with Crippen molar-refractivity contribution in [2.24, 2.45) is 0 Å². The van der Waals surface area contributed by atoms with Crippen molar-refractivity contribution in [3.05, 3.63) is 23.7 Å². The highest BCUT2D eigenvalue weighted by atomic mass is 16.7. The summed E-state index contributed by atoms with van der Waals surface area (Å²) in [5, 5.41) is 0. The van der Waals surface area contributed by atoms with Crippen LogP contribution in [0.15, 0.2) is 23.7 Å². The maximum atomic E-state index is 11.5. The average molecular weight is 280 g/mol. The van der Waals surface area contributed by atoms with Crippen molar-refractivity contribution >= 4 is 5.97 Å². The molecule has 0 spiro atoms. The fraction of sp³-hybridized carbons (Fsp3) is 0.688. The van der Waals surface area contributed by atoms with Gasteiger partial charge in [0, 0.05) is 19.3 Å². The fourth-order valence-corrected chi connectivity index (χ4v) is 2.36. The van der Waals surface area contributed by atoms with Gasteiger partial charge in [0.05, 0.1) is 11.5 Å². The molecular weight excluding hydrogens is 256 g/mol. The van der Waals surface area contributed by atoms with Crippen molar-refractivity contribution < 1.29 is 19.0 Å². The van der Waals surface area contributed by atoms with E-state index in [1.807, 2.05) is 6.92 Å². The normalized spacial score (nSPS) is 17.9. The van der Waals surface area contributed by atoms with Crippen LogP contribution in [0.4, 0.5) is 0 Å². The number of hydrogen-bond acceptors (Lipinski definition) is 4. The third kappa shape index (κ3) is 4.91. The van der Waals surface area contributed by atoms with E-state index in [1.54, 1.807) is 0 Å². The first-order chi connectivity index (χ1) is 9.78. The molecule has 0 aliphatic heterocycles. The van der Waals surface area contributed by atoms with Gasteiger partial charge in [-0.1, -0.05) is 6.92 Å². The third-order valence-corrected chi connectivity index (χ3v) is 3.40. The average Bonchev–Trinajstić information content (AvgIpc) is 3.10. The van der Waals surface area contributed by atoms with E-state index in [2.05, 4.69) is 12.2 Å². The van der Waals surface area contributed by atoms with Gasteiger partial charge in [-0.05, 0) is 44.3 Å². The van der Waals surface area contributed by atoms with Crippen molar-refractivity contribution in [1.82, 2.24) is 0 Å². The second-order valence-corrected chi connectivity index (χ2v) is 5.22. The number of carbonyl (C=O) groups excluding carboxylic acids is 1. The van der Waals surface area contributed by atoms with Gasteiger partial charge >= 0.3 is 5.97 Å². The summed E-state index contributed by atoms with van der Waals surface area (Å²) in [6, 6.07) is 0. The molecule has 0 saturated heterocycles. The summed E-state index contributed by atoms with van der Waals surface area (Å²) in [5.74, 6) is 1.73. The lowest BCUT2D eigenvalue weighted by molar-refractivity contribution is -0.163. The van der Waals surface area contributed by atoms with Gasteiger partial charge in [0.15, 0.2) is 6.61 Å². The molecule has 2 rings (SSSR count). The summed E-state index contributed by atoms with van der Waals surface area (Å²) in [6.45, 7) is 2.12. The molecule has 112 valence electrons. The Bertz CT molecular complexity index is 358. The second-order valence-electron chi connectivity index (χ2n) is 5.22. The standard InChI is InChI=1S/C16H24O4/c1-2-7-15(17)18-12-16(19-13-8-3-4-9-13)20-14-10-5-6-11-14/h8,10,16H,2-7,9,11-12H2,1H3. The van der Waals surface area contributed by atoms with Crippen molar-refractivity contribution in [3.8, 4) is 0 Å². The monoisotopic (exact) mass is 280 g/mol. The Labute approximate surface area is 120 Å². The van der Waals surface area contributed by atoms with E-state index >= 15 is 0 Å². The van der Waals surface area contributed by atoms with E-state index in [0.717, 1.165) is 56.5 Å². The highest BCUT2D eigenvalue weighted by Gasteiger charge is 2.20. The molecule has 0 unspecified atom stereocenters. The predicted molar refractivity (Wildman–Crippen MR) is 75.7 cm³/mol. The number of hydrogen-bond donors (Lipinski definition) is 0. The van der Waals surface area contributed by atoms with Gasteiger partial charge in [-0.15, -0.1) is 0 Å². The second kappa shape index (κ2) is 7.98. The van der Waals surface area contributed by atoms with Crippen LogP contribution in [0.2, 0.25) is 0 Å². The number of esters is 1. The third-order valence-electron chi connectivity index (χ3n) is 3.40. The first-order valence-corrected chi connectivity index (χ1v) is 7.65. The van der Waals surface area contributed by atoms with Crippen LogP contribution in [0.1, 0.15) is 58.3 Å². The molecule has 4 heteroatoms. The zero-order valence-corrected chi connectivity index (χ0v) is 12.2. The maximum Gasteiger partial charge on any atom is 0.306 e. The summed E-state index contributed by atoms with van der Waals surface area (Å²) < 4.78 is 16.9. The van der Waals surface area contributed by atoms with Crippen LogP contribution in [-0.4, -0.2) is 18.9 Å². The Kier molecular flexibility index (Phi) is 5.96. The van der Waals surface area contributed by atoms with Gasteiger partial charge in [-0.25, -0.2) is 0 Å². The summed E-state index contributed by atoms with van der Waals surface area (Å²) >= 11 is 0. The number of carbonyl (C=O) groups is 1. The molecule has 0 fully saturated rings. The largest absolute Gasteiger partial charge is 0.458 e. The van der Waals surface area contributed by atoms with Crippen LogP contribution in [0.5, 0.6) is 0 Å². The molecular formula is C16H24O4. The van der Waals surface area contributed by atoms with E-state index in [9.17, 15) is 4.79 Å². The van der Waals surface area contributed by atoms with Gasteiger partial charge in [0.1, 0.15) is 0 Å². The minimum atomic E-state index is -0.510. The summed E-state index contributed by atoms with van der Waals surface area (Å²) in [7, 11) is 0. The van der Waals surface area contributed by atoms with Crippen molar-refractivity contribution in [3.63, 3.8) is 0 Å². The Morgan fingerprint density at radius 2 is 1.75 bits per heavy atom. The van der Waals surface area contributed by atoms with Gasteiger partial charge < -0.3 is 14.2 Å². The molecule has 0 heterocycles. The van der Waals surface area contributed by atoms with Crippen LogP contribution >= 0.6 is 0 Å². The van der Waals surface area contributed by atoms with Crippen LogP contribution in [0.3, 0.4) is 0 Å². The maximum absolute atomic E-state index is 11.5. The molecule has 0 atom stereocenters. The molecule has 0 aromatic carbocycles. The van der Waals surface area contributed by atoms with Crippen LogP contribution < -0.4 is 0 Å². The highest BCUT2D eigenvalue weighted by molar-refractivity contribution is 5.69. The Morgan fingerprint density at radius 3 is 2.20 bits per heavy atom. The summed E-state index contributed by atoms with van der Waals surface area (Å²) in [4.78, 5) is 11.5. The van der Waals surface area contributed by atoms with E-state index < -0.39 is 6.29 Å². The molecule has 4 nitrogen and oxygen atoms in total. The quantitative estimate of drug-likeness (QED) is 0.501. The van der Waals surface area contributed by atoms with Crippen molar-refractivity contribution in [2.75, 3.05) is 6.61 Å². The molecule has 2 aliphatic rings. The number of rotatable bonds is 8. The molecule has 0 N–H and O–H groups in total. The molecule has 0 saturated carbocycles. The van der Waals surface area contributed by atoms with Gasteiger partial charge in [0.2, 0.25) is 0 Å². The van der Waals surface area contributed by atoms with E-state index in [4.69, 9.17) is 14.2 Å². The minimum Gasteiger partial charge on any atom is -0.458 e. The number of ether oxygens (including phenoxy) is 3. The number of allylic oxidation sites excluding steroid dienone is 4. The zero-order chi connectivity index (χ0) is 14.2. The SMILES string of the molecule is CCCC(=O)OCC(OC1=CCCC1)OC1=CCCC1. The van der Waals surface area contributed by atoms with Gasteiger partial charge in [-0.2, -0.15) is 0 Å². The zero-order valence-electron chi connectivity index (χ0n) is 12.2. The summed E-state index contributed by atoms with van der Waals surface area (Å²) in [5.41, 5.74) is 0. The molecule has 0 radical (unpaired) electrons. The van der Waals surface area contributed by atoms with E-state index in [0.29, 0.717) is 6.42 Å².